The molecule has 2 aliphatic heterocycles. The summed E-state index contributed by atoms with van der Waals surface area (Å²) in [5.41, 5.74) is 1.14. The monoisotopic (exact) mass is 363 g/mol. The third kappa shape index (κ3) is 2.49. The van der Waals surface area contributed by atoms with Crippen LogP contribution in [0.4, 0.5) is 11.9 Å². The molecule has 3 heterocycles. The number of imide groups is 1. The molecular weight excluding hydrogens is 342 g/mol. The molecule has 1 aliphatic carbocycles. The summed E-state index contributed by atoms with van der Waals surface area (Å²) in [5.74, 6) is -0.119. The molecule has 0 saturated carbocycles. The minimum absolute atomic E-state index is 0.0236. The van der Waals surface area contributed by atoms with E-state index in [0.717, 1.165) is 12.0 Å². The van der Waals surface area contributed by atoms with Crippen LogP contribution in [0.5, 0.6) is 0 Å². The summed E-state index contributed by atoms with van der Waals surface area (Å²) in [6.07, 6.45) is 6.05. The Morgan fingerprint density at radius 1 is 1.04 bits per heavy atom. The normalized spacial score (nSPS) is 29.4. The standard InChI is InChI=1S/C20H21N5O2/c1-12-11-16(13-7-3-2-4-8-13)25-19(21-12)22-20(23-25)24-17(26)14-9-5-6-10-15(14)18(24)27/h2-8,12,14-16H,9-11H2,1H3,(H,21,22,23)/t12-,14-,15-,16-/m1/s1. The van der Waals surface area contributed by atoms with Gasteiger partial charge in [0.15, 0.2) is 0 Å². The summed E-state index contributed by atoms with van der Waals surface area (Å²) in [6, 6.07) is 10.4. The van der Waals surface area contributed by atoms with Crippen LogP contribution in [0, 0.1) is 11.8 Å². The van der Waals surface area contributed by atoms with Crippen LogP contribution >= 0.6 is 0 Å². The van der Waals surface area contributed by atoms with Crippen molar-refractivity contribution in [1.82, 2.24) is 14.8 Å². The molecule has 7 nitrogen and oxygen atoms in total. The molecule has 1 aromatic heterocycles. The average molecular weight is 363 g/mol. The molecule has 1 aromatic carbocycles. The smallest absolute Gasteiger partial charge is 0.260 e. The maximum Gasteiger partial charge on any atom is 0.260 e. The molecule has 0 unspecified atom stereocenters. The lowest BCUT2D eigenvalue weighted by atomic mass is 9.85. The first-order chi connectivity index (χ1) is 13.1. The highest BCUT2D eigenvalue weighted by Gasteiger charge is 2.49. The van der Waals surface area contributed by atoms with Gasteiger partial charge in [-0.25, -0.2) is 9.58 Å². The van der Waals surface area contributed by atoms with Gasteiger partial charge >= 0.3 is 0 Å². The zero-order valence-electron chi connectivity index (χ0n) is 15.1. The lowest BCUT2D eigenvalue weighted by Crippen LogP contribution is -2.32. The molecule has 4 atom stereocenters. The topological polar surface area (TPSA) is 80.1 Å². The van der Waals surface area contributed by atoms with Crippen LogP contribution in [-0.4, -0.2) is 32.6 Å². The van der Waals surface area contributed by atoms with Crippen LogP contribution in [0.1, 0.15) is 37.8 Å². The largest absolute Gasteiger partial charge is 0.352 e. The van der Waals surface area contributed by atoms with Crippen LogP contribution in [-0.2, 0) is 9.59 Å². The number of nitrogens with one attached hydrogen (secondary N) is 1. The molecule has 1 N–H and O–H groups in total. The first-order valence-electron chi connectivity index (χ1n) is 9.44. The molecule has 138 valence electrons. The Labute approximate surface area is 157 Å². The fraction of sp³-hybridized carbons (Fsp3) is 0.400. The number of amides is 2. The highest BCUT2D eigenvalue weighted by Crippen LogP contribution is 2.38. The van der Waals surface area contributed by atoms with Gasteiger partial charge in [0.05, 0.1) is 17.9 Å². The Hall–Kier alpha value is -2.96. The highest BCUT2D eigenvalue weighted by atomic mass is 16.2. The van der Waals surface area contributed by atoms with Gasteiger partial charge in [-0.15, -0.1) is 5.10 Å². The second-order valence-electron chi connectivity index (χ2n) is 7.56. The molecule has 27 heavy (non-hydrogen) atoms. The molecule has 2 amide bonds. The van der Waals surface area contributed by atoms with Crippen LogP contribution < -0.4 is 10.2 Å². The minimum atomic E-state index is -0.278. The molecule has 1 saturated heterocycles. The molecule has 0 radical (unpaired) electrons. The first-order valence-corrected chi connectivity index (χ1v) is 9.44. The van der Waals surface area contributed by atoms with Gasteiger partial charge in [-0.2, -0.15) is 4.98 Å². The number of anilines is 2. The third-order valence-corrected chi connectivity index (χ3v) is 5.76. The van der Waals surface area contributed by atoms with E-state index >= 15 is 0 Å². The van der Waals surface area contributed by atoms with E-state index in [9.17, 15) is 9.59 Å². The maximum absolute atomic E-state index is 12.8. The summed E-state index contributed by atoms with van der Waals surface area (Å²) in [4.78, 5) is 31.4. The van der Waals surface area contributed by atoms with Gasteiger partial charge in [-0.05, 0) is 31.7 Å². The van der Waals surface area contributed by atoms with Crippen molar-refractivity contribution in [2.45, 2.75) is 38.3 Å². The van der Waals surface area contributed by atoms with Gasteiger partial charge in [0.1, 0.15) is 0 Å². The van der Waals surface area contributed by atoms with Crippen LogP contribution in [0.2, 0.25) is 0 Å². The van der Waals surface area contributed by atoms with Gasteiger partial charge in [0, 0.05) is 6.04 Å². The number of nitrogens with zero attached hydrogens (tertiary/aromatic N) is 4. The van der Waals surface area contributed by atoms with E-state index in [1.807, 2.05) is 35.0 Å². The van der Waals surface area contributed by atoms with Crippen molar-refractivity contribution in [2.24, 2.45) is 11.8 Å². The SMILES string of the molecule is C[C@@H]1C[C@H](c2ccccc2)n2nc(N3C(=O)[C@@H]4CC=CC[C@H]4C3=O)nc2N1. The summed E-state index contributed by atoms with van der Waals surface area (Å²) in [5, 5.41) is 7.91. The van der Waals surface area contributed by atoms with Gasteiger partial charge < -0.3 is 5.32 Å². The van der Waals surface area contributed by atoms with E-state index in [1.54, 1.807) is 0 Å². The van der Waals surface area contributed by atoms with Crippen LogP contribution in [0.25, 0.3) is 0 Å². The van der Waals surface area contributed by atoms with E-state index in [2.05, 4.69) is 34.5 Å². The second-order valence-corrected chi connectivity index (χ2v) is 7.56. The summed E-state index contributed by atoms with van der Waals surface area (Å²) >= 11 is 0. The molecule has 2 aromatic rings. The lowest BCUT2D eigenvalue weighted by molar-refractivity contribution is -0.122. The number of aromatic nitrogens is 3. The Kier molecular flexibility index (Phi) is 3.63. The molecule has 5 rings (SSSR count). The first kappa shape index (κ1) is 16.2. The number of hydrogen-bond donors (Lipinski definition) is 1. The Morgan fingerprint density at radius 2 is 1.70 bits per heavy atom. The Morgan fingerprint density at radius 3 is 2.37 bits per heavy atom. The highest BCUT2D eigenvalue weighted by molar-refractivity contribution is 6.21. The van der Waals surface area contributed by atoms with Crippen molar-refractivity contribution in [2.75, 3.05) is 10.2 Å². The third-order valence-electron chi connectivity index (χ3n) is 5.76. The number of benzene rings is 1. The maximum atomic E-state index is 12.8. The zero-order chi connectivity index (χ0) is 18.5. The molecule has 0 spiro atoms. The molecule has 3 aliphatic rings. The summed E-state index contributed by atoms with van der Waals surface area (Å²) < 4.78 is 1.81. The quantitative estimate of drug-likeness (QED) is 0.655. The van der Waals surface area contributed by atoms with Crippen LogP contribution in [0.15, 0.2) is 42.5 Å². The minimum Gasteiger partial charge on any atom is -0.352 e. The van der Waals surface area contributed by atoms with Crippen molar-refractivity contribution in [3.05, 3.63) is 48.0 Å². The second kappa shape index (κ2) is 6.04. The van der Waals surface area contributed by atoms with Crippen LogP contribution in [0.3, 0.4) is 0 Å². The molecule has 0 bridgehead atoms. The molecular formula is C20H21N5O2. The van der Waals surface area contributed by atoms with E-state index < -0.39 is 0 Å². The van der Waals surface area contributed by atoms with Crippen molar-refractivity contribution >= 4 is 23.7 Å². The molecule has 7 heteroatoms. The molecule has 1 fully saturated rings. The van der Waals surface area contributed by atoms with Crippen molar-refractivity contribution in [1.29, 1.82) is 0 Å². The van der Waals surface area contributed by atoms with E-state index in [1.165, 1.54) is 4.90 Å². The number of carbonyl (C=O) groups excluding carboxylic acids is 2. The van der Waals surface area contributed by atoms with Crippen molar-refractivity contribution in [3.63, 3.8) is 0 Å². The fourth-order valence-electron chi connectivity index (χ4n) is 4.39. The average Bonchev–Trinajstić information content (AvgIpc) is 3.21. The van der Waals surface area contributed by atoms with Crippen molar-refractivity contribution < 1.29 is 9.59 Å². The Balaban J connectivity index is 1.53. The zero-order valence-corrected chi connectivity index (χ0v) is 15.1. The predicted octanol–water partition coefficient (Wildman–Crippen LogP) is 2.53. The van der Waals surface area contributed by atoms with E-state index in [-0.39, 0.29) is 41.7 Å². The number of carbonyl (C=O) groups is 2. The fourth-order valence-corrected chi connectivity index (χ4v) is 4.39. The van der Waals surface area contributed by atoms with Gasteiger partial charge in [0.25, 0.3) is 5.95 Å². The van der Waals surface area contributed by atoms with Gasteiger partial charge in [0.2, 0.25) is 17.8 Å². The number of hydrogen-bond acceptors (Lipinski definition) is 5. The number of rotatable bonds is 2. The predicted molar refractivity (Wildman–Crippen MR) is 100 cm³/mol. The number of fused-ring (bicyclic) bond motifs is 2. The lowest BCUT2D eigenvalue weighted by Gasteiger charge is -2.29. The Bertz CT molecular complexity index is 909. The van der Waals surface area contributed by atoms with E-state index in [4.69, 9.17) is 0 Å². The summed E-state index contributed by atoms with van der Waals surface area (Å²) in [7, 11) is 0. The van der Waals surface area contributed by atoms with Gasteiger partial charge in [-0.1, -0.05) is 42.5 Å². The van der Waals surface area contributed by atoms with Gasteiger partial charge in [-0.3, -0.25) is 9.59 Å². The number of allylic oxidation sites excluding steroid dienone is 2. The summed E-state index contributed by atoms with van der Waals surface area (Å²) in [6.45, 7) is 2.10. The van der Waals surface area contributed by atoms with Crippen molar-refractivity contribution in [3.8, 4) is 0 Å². The van der Waals surface area contributed by atoms with E-state index in [0.29, 0.717) is 18.8 Å².